The normalized spacial score (nSPS) is 18.8. The molecule has 1 fully saturated rings. The van der Waals surface area contributed by atoms with Crippen LogP contribution in [0.15, 0.2) is 60.7 Å². The summed E-state index contributed by atoms with van der Waals surface area (Å²) in [5.74, 6) is 3.10. The van der Waals surface area contributed by atoms with E-state index in [2.05, 4.69) is 35.1 Å². The monoisotopic (exact) mass is 303 g/mol. The molecule has 1 heterocycles. The van der Waals surface area contributed by atoms with Gasteiger partial charge in [0.2, 0.25) is 0 Å². The van der Waals surface area contributed by atoms with Gasteiger partial charge in [-0.05, 0) is 11.1 Å². The van der Waals surface area contributed by atoms with E-state index in [0.29, 0.717) is 18.7 Å². The standard InChI is InChI=1S/C21H21NO/c1-2-14-22-15-13-20(23)19(16-22)21(17-9-5-3-6-10-17)18-11-7-4-8-12-18/h1,3-12,19,21H,13-16H2. The van der Waals surface area contributed by atoms with Crippen LogP contribution >= 0.6 is 0 Å². The summed E-state index contributed by atoms with van der Waals surface area (Å²) >= 11 is 0. The van der Waals surface area contributed by atoms with E-state index < -0.39 is 0 Å². The van der Waals surface area contributed by atoms with Gasteiger partial charge in [0.25, 0.3) is 0 Å². The number of likely N-dealkylation sites (tertiary alicyclic amines) is 1. The van der Waals surface area contributed by atoms with Gasteiger partial charge in [-0.2, -0.15) is 0 Å². The van der Waals surface area contributed by atoms with Crippen molar-refractivity contribution in [2.75, 3.05) is 19.6 Å². The molecule has 23 heavy (non-hydrogen) atoms. The molecule has 0 saturated carbocycles. The summed E-state index contributed by atoms with van der Waals surface area (Å²) in [5, 5.41) is 0. The van der Waals surface area contributed by atoms with Gasteiger partial charge >= 0.3 is 0 Å². The van der Waals surface area contributed by atoms with E-state index in [4.69, 9.17) is 6.42 Å². The van der Waals surface area contributed by atoms with E-state index in [9.17, 15) is 4.79 Å². The molecule has 1 atom stereocenters. The van der Waals surface area contributed by atoms with Gasteiger partial charge in [-0.15, -0.1) is 6.42 Å². The largest absolute Gasteiger partial charge is 0.299 e. The van der Waals surface area contributed by atoms with Gasteiger partial charge < -0.3 is 0 Å². The van der Waals surface area contributed by atoms with Gasteiger partial charge in [-0.3, -0.25) is 9.69 Å². The maximum absolute atomic E-state index is 12.7. The third-order valence-electron chi connectivity index (χ3n) is 4.58. The van der Waals surface area contributed by atoms with Crippen molar-refractivity contribution >= 4 is 5.78 Å². The Morgan fingerprint density at radius 1 is 1.04 bits per heavy atom. The lowest BCUT2D eigenvalue weighted by Gasteiger charge is -2.35. The molecule has 0 N–H and O–H groups in total. The third-order valence-corrected chi connectivity index (χ3v) is 4.58. The molecule has 0 amide bonds. The zero-order chi connectivity index (χ0) is 16.1. The minimum absolute atomic E-state index is 0.0399. The number of hydrogen-bond donors (Lipinski definition) is 0. The minimum Gasteiger partial charge on any atom is -0.299 e. The number of carbonyl (C=O) groups excluding carboxylic acids is 1. The molecular weight excluding hydrogens is 282 g/mol. The lowest BCUT2D eigenvalue weighted by atomic mass is 9.76. The second-order valence-corrected chi connectivity index (χ2v) is 6.06. The number of rotatable bonds is 4. The number of hydrogen-bond acceptors (Lipinski definition) is 2. The van der Waals surface area contributed by atoms with Gasteiger partial charge in [-0.25, -0.2) is 0 Å². The van der Waals surface area contributed by atoms with E-state index >= 15 is 0 Å². The molecule has 1 saturated heterocycles. The number of carbonyl (C=O) groups is 1. The quantitative estimate of drug-likeness (QED) is 0.807. The van der Waals surface area contributed by atoms with Crippen LogP contribution in [0.4, 0.5) is 0 Å². The van der Waals surface area contributed by atoms with Crippen LogP contribution < -0.4 is 0 Å². The minimum atomic E-state index is -0.0399. The molecule has 1 aliphatic rings. The van der Waals surface area contributed by atoms with Gasteiger partial charge in [0.15, 0.2) is 0 Å². The highest BCUT2D eigenvalue weighted by Crippen LogP contribution is 2.35. The van der Waals surface area contributed by atoms with Gasteiger partial charge in [-0.1, -0.05) is 66.6 Å². The Morgan fingerprint density at radius 3 is 2.13 bits per heavy atom. The molecule has 0 aliphatic carbocycles. The predicted octanol–water partition coefficient (Wildman–Crippen LogP) is 3.34. The zero-order valence-electron chi connectivity index (χ0n) is 13.2. The molecule has 0 aromatic heterocycles. The van der Waals surface area contributed by atoms with E-state index in [1.807, 2.05) is 36.4 Å². The van der Waals surface area contributed by atoms with Crippen LogP contribution in [0.5, 0.6) is 0 Å². The number of piperidine rings is 1. The smallest absolute Gasteiger partial charge is 0.139 e. The summed E-state index contributed by atoms with van der Waals surface area (Å²) in [6, 6.07) is 20.6. The first-order valence-corrected chi connectivity index (χ1v) is 8.08. The first-order chi connectivity index (χ1) is 11.3. The van der Waals surface area contributed by atoms with Crippen LogP contribution in [-0.4, -0.2) is 30.3 Å². The average Bonchev–Trinajstić information content (AvgIpc) is 2.60. The lowest BCUT2D eigenvalue weighted by Crippen LogP contribution is -2.43. The molecule has 2 aromatic rings. The summed E-state index contributed by atoms with van der Waals surface area (Å²) in [4.78, 5) is 14.9. The summed E-state index contributed by atoms with van der Waals surface area (Å²) in [5.41, 5.74) is 2.39. The molecule has 1 aliphatic heterocycles. The molecule has 3 rings (SSSR count). The number of benzene rings is 2. The van der Waals surface area contributed by atoms with Gasteiger partial charge in [0, 0.05) is 31.3 Å². The van der Waals surface area contributed by atoms with Crippen molar-refractivity contribution in [2.45, 2.75) is 12.3 Å². The van der Waals surface area contributed by atoms with E-state index in [1.165, 1.54) is 11.1 Å². The third kappa shape index (κ3) is 3.52. The zero-order valence-corrected chi connectivity index (χ0v) is 13.2. The van der Waals surface area contributed by atoms with E-state index in [-0.39, 0.29) is 11.8 Å². The summed E-state index contributed by atoms with van der Waals surface area (Å²) in [6.07, 6.45) is 6.05. The van der Waals surface area contributed by atoms with Crippen LogP contribution in [0.2, 0.25) is 0 Å². The van der Waals surface area contributed by atoms with Crippen LogP contribution in [0.25, 0.3) is 0 Å². The first-order valence-electron chi connectivity index (χ1n) is 8.08. The van der Waals surface area contributed by atoms with Crippen LogP contribution in [0, 0.1) is 18.3 Å². The van der Waals surface area contributed by atoms with Crippen molar-refractivity contribution in [3.8, 4) is 12.3 Å². The van der Waals surface area contributed by atoms with Crippen LogP contribution in [0.1, 0.15) is 23.5 Å². The Labute approximate surface area is 138 Å². The van der Waals surface area contributed by atoms with Crippen molar-refractivity contribution in [1.82, 2.24) is 4.90 Å². The fourth-order valence-electron chi connectivity index (χ4n) is 3.47. The van der Waals surface area contributed by atoms with E-state index in [1.54, 1.807) is 0 Å². The van der Waals surface area contributed by atoms with Crippen LogP contribution in [-0.2, 0) is 4.79 Å². The molecule has 0 bridgehead atoms. The lowest BCUT2D eigenvalue weighted by molar-refractivity contribution is -0.126. The average molecular weight is 303 g/mol. The molecule has 0 spiro atoms. The fourth-order valence-corrected chi connectivity index (χ4v) is 3.47. The molecule has 2 aromatic carbocycles. The Balaban J connectivity index is 1.98. The molecule has 1 unspecified atom stereocenters. The number of ketones is 1. The van der Waals surface area contributed by atoms with Crippen molar-refractivity contribution < 1.29 is 4.79 Å². The Kier molecular flexibility index (Phi) is 4.90. The summed E-state index contributed by atoms with van der Waals surface area (Å²) in [7, 11) is 0. The topological polar surface area (TPSA) is 20.3 Å². The molecule has 116 valence electrons. The van der Waals surface area contributed by atoms with Gasteiger partial charge in [0.1, 0.15) is 5.78 Å². The highest BCUT2D eigenvalue weighted by molar-refractivity contribution is 5.83. The van der Waals surface area contributed by atoms with E-state index in [0.717, 1.165) is 13.1 Å². The summed E-state index contributed by atoms with van der Waals surface area (Å²) < 4.78 is 0. The maximum atomic E-state index is 12.7. The van der Waals surface area contributed by atoms with Crippen molar-refractivity contribution in [1.29, 1.82) is 0 Å². The molecule has 2 heteroatoms. The maximum Gasteiger partial charge on any atom is 0.139 e. The highest BCUT2D eigenvalue weighted by atomic mass is 16.1. The Bertz CT molecular complexity index is 647. The Morgan fingerprint density at radius 2 is 1.61 bits per heavy atom. The second-order valence-electron chi connectivity index (χ2n) is 6.06. The number of Topliss-reactive ketones (excluding diaryl/α,β-unsaturated/α-hetero) is 1. The second kappa shape index (κ2) is 7.26. The Hall–Kier alpha value is -2.37. The molecule has 2 nitrogen and oxygen atoms in total. The number of nitrogens with zero attached hydrogens (tertiary/aromatic N) is 1. The molecule has 0 radical (unpaired) electrons. The first kappa shape index (κ1) is 15.5. The van der Waals surface area contributed by atoms with Crippen molar-refractivity contribution in [3.05, 3.63) is 71.8 Å². The predicted molar refractivity (Wildman–Crippen MR) is 93.1 cm³/mol. The SMILES string of the molecule is C#CCN1CCC(=O)C(C(c2ccccc2)c2ccccc2)C1. The summed E-state index contributed by atoms with van der Waals surface area (Å²) in [6.45, 7) is 2.12. The number of terminal acetylenes is 1. The van der Waals surface area contributed by atoms with Crippen molar-refractivity contribution in [3.63, 3.8) is 0 Å². The van der Waals surface area contributed by atoms with Crippen LogP contribution in [0.3, 0.4) is 0 Å². The fraction of sp³-hybridized carbons (Fsp3) is 0.286. The van der Waals surface area contributed by atoms with Crippen molar-refractivity contribution in [2.24, 2.45) is 5.92 Å². The highest BCUT2D eigenvalue weighted by Gasteiger charge is 2.34. The van der Waals surface area contributed by atoms with Gasteiger partial charge in [0.05, 0.1) is 6.54 Å². The molecular formula is C21H21NO.